The number of hydrogen-bond acceptors (Lipinski definition) is 4. The van der Waals surface area contributed by atoms with E-state index in [-0.39, 0.29) is 0 Å². The van der Waals surface area contributed by atoms with Gasteiger partial charge in [-0.3, -0.25) is 4.79 Å². The fourth-order valence-corrected chi connectivity index (χ4v) is 0.722. The van der Waals surface area contributed by atoms with Crippen molar-refractivity contribution in [3.8, 4) is 0 Å². The van der Waals surface area contributed by atoms with Crippen LogP contribution in [0.5, 0.6) is 0 Å². The third-order valence-corrected chi connectivity index (χ3v) is 1.36. The molecule has 5 heteroatoms. The standard InChI is InChI=1S/C7H13BrO4/c1-10-4-5-12-7(6-9)11-3-2-8/h6-7H,2-5H2,1H3/t7-/m0/s1. The SMILES string of the molecule is COCCO[C@@H](C=O)OCCBr. The summed E-state index contributed by atoms with van der Waals surface area (Å²) in [7, 11) is 1.57. The fourth-order valence-electron chi connectivity index (χ4n) is 0.535. The van der Waals surface area contributed by atoms with Crippen molar-refractivity contribution in [1.29, 1.82) is 0 Å². The summed E-state index contributed by atoms with van der Waals surface area (Å²) in [6.07, 6.45) is -0.143. The van der Waals surface area contributed by atoms with E-state index >= 15 is 0 Å². The van der Waals surface area contributed by atoms with Crippen LogP contribution in [0, 0.1) is 0 Å². The van der Waals surface area contributed by atoms with E-state index < -0.39 is 6.29 Å². The van der Waals surface area contributed by atoms with Crippen molar-refractivity contribution in [3.63, 3.8) is 0 Å². The Morgan fingerprint density at radius 1 is 1.33 bits per heavy atom. The van der Waals surface area contributed by atoms with Crippen molar-refractivity contribution in [3.05, 3.63) is 0 Å². The zero-order chi connectivity index (χ0) is 9.23. The minimum absolute atomic E-state index is 0.363. The molecule has 0 radical (unpaired) electrons. The van der Waals surface area contributed by atoms with Crippen LogP contribution >= 0.6 is 15.9 Å². The van der Waals surface area contributed by atoms with E-state index in [4.69, 9.17) is 14.2 Å². The highest BCUT2D eigenvalue weighted by Crippen LogP contribution is 1.92. The van der Waals surface area contributed by atoms with Gasteiger partial charge in [0.25, 0.3) is 0 Å². The molecule has 0 aliphatic carbocycles. The lowest BCUT2D eigenvalue weighted by molar-refractivity contribution is -0.158. The van der Waals surface area contributed by atoms with E-state index in [1.54, 1.807) is 7.11 Å². The predicted octanol–water partition coefficient (Wildman–Crippen LogP) is 0.586. The zero-order valence-electron chi connectivity index (χ0n) is 6.99. The van der Waals surface area contributed by atoms with E-state index in [9.17, 15) is 4.79 Å². The first-order valence-electron chi connectivity index (χ1n) is 3.58. The molecule has 0 fully saturated rings. The second-order valence-electron chi connectivity index (χ2n) is 1.93. The maximum absolute atomic E-state index is 10.3. The first-order valence-corrected chi connectivity index (χ1v) is 4.70. The Bertz CT molecular complexity index is 110. The zero-order valence-corrected chi connectivity index (χ0v) is 8.58. The molecule has 0 aromatic heterocycles. The fraction of sp³-hybridized carbons (Fsp3) is 0.857. The Balaban J connectivity index is 3.32. The molecule has 0 unspecified atom stereocenters. The largest absolute Gasteiger partial charge is 0.382 e. The van der Waals surface area contributed by atoms with Crippen molar-refractivity contribution < 1.29 is 19.0 Å². The van der Waals surface area contributed by atoms with Crippen LogP contribution in [0.2, 0.25) is 0 Å². The molecule has 0 aromatic rings. The molecule has 0 aliphatic rings. The smallest absolute Gasteiger partial charge is 0.214 e. The number of hydrogen-bond donors (Lipinski definition) is 0. The molecule has 0 spiro atoms. The molecule has 72 valence electrons. The first kappa shape index (κ1) is 12.0. The van der Waals surface area contributed by atoms with Gasteiger partial charge < -0.3 is 14.2 Å². The van der Waals surface area contributed by atoms with E-state index in [2.05, 4.69) is 15.9 Å². The van der Waals surface area contributed by atoms with Crippen LogP contribution in [0.15, 0.2) is 0 Å². The van der Waals surface area contributed by atoms with Crippen molar-refractivity contribution in [2.75, 3.05) is 32.3 Å². The molecular formula is C7H13BrO4. The third kappa shape index (κ3) is 6.72. The Morgan fingerprint density at radius 3 is 2.50 bits per heavy atom. The van der Waals surface area contributed by atoms with Gasteiger partial charge in [0.05, 0.1) is 19.8 Å². The summed E-state index contributed by atoms with van der Waals surface area (Å²) < 4.78 is 14.7. The van der Waals surface area contributed by atoms with Crippen LogP contribution in [0.25, 0.3) is 0 Å². The van der Waals surface area contributed by atoms with Gasteiger partial charge in [0.2, 0.25) is 6.29 Å². The molecule has 0 N–H and O–H groups in total. The normalized spacial score (nSPS) is 12.8. The van der Waals surface area contributed by atoms with Gasteiger partial charge >= 0.3 is 0 Å². The molecule has 0 saturated heterocycles. The van der Waals surface area contributed by atoms with Gasteiger partial charge in [0, 0.05) is 12.4 Å². The quantitative estimate of drug-likeness (QED) is 0.270. The maximum Gasteiger partial charge on any atom is 0.214 e. The number of aldehydes is 1. The number of carbonyl (C=O) groups is 1. The number of alkyl halides is 1. The van der Waals surface area contributed by atoms with Crippen LogP contribution < -0.4 is 0 Å². The van der Waals surface area contributed by atoms with Crippen molar-refractivity contribution in [2.45, 2.75) is 6.29 Å². The van der Waals surface area contributed by atoms with Crippen LogP contribution in [-0.2, 0) is 19.0 Å². The number of halogens is 1. The van der Waals surface area contributed by atoms with Gasteiger partial charge in [-0.2, -0.15) is 0 Å². The monoisotopic (exact) mass is 240 g/mol. The topological polar surface area (TPSA) is 44.8 Å². The lowest BCUT2D eigenvalue weighted by atomic mass is 10.7. The molecule has 1 atom stereocenters. The minimum atomic E-state index is -0.766. The Labute approximate surface area is 80.3 Å². The summed E-state index contributed by atoms with van der Waals surface area (Å²) in [5.74, 6) is 0. The average Bonchev–Trinajstić information content (AvgIpc) is 2.11. The summed E-state index contributed by atoms with van der Waals surface area (Å²) in [5.41, 5.74) is 0. The Morgan fingerprint density at radius 2 is 2.00 bits per heavy atom. The second kappa shape index (κ2) is 9.12. The van der Waals surface area contributed by atoms with Crippen LogP contribution in [-0.4, -0.2) is 44.8 Å². The summed E-state index contributed by atoms with van der Waals surface area (Å²) in [6, 6.07) is 0. The molecule has 12 heavy (non-hydrogen) atoms. The van der Waals surface area contributed by atoms with Gasteiger partial charge in [-0.05, 0) is 0 Å². The van der Waals surface area contributed by atoms with Crippen LogP contribution in [0.1, 0.15) is 0 Å². The van der Waals surface area contributed by atoms with Crippen molar-refractivity contribution >= 4 is 22.2 Å². The summed E-state index contributed by atoms with van der Waals surface area (Å²) in [6.45, 7) is 1.28. The van der Waals surface area contributed by atoms with Gasteiger partial charge in [-0.15, -0.1) is 0 Å². The van der Waals surface area contributed by atoms with E-state index in [1.165, 1.54) is 0 Å². The Kier molecular flexibility index (Phi) is 9.14. The molecule has 0 amide bonds. The van der Waals surface area contributed by atoms with Crippen molar-refractivity contribution in [2.24, 2.45) is 0 Å². The molecule has 0 saturated carbocycles. The minimum Gasteiger partial charge on any atom is -0.382 e. The van der Waals surface area contributed by atoms with Crippen molar-refractivity contribution in [1.82, 2.24) is 0 Å². The highest BCUT2D eigenvalue weighted by molar-refractivity contribution is 9.09. The molecule has 0 rings (SSSR count). The highest BCUT2D eigenvalue weighted by Gasteiger charge is 2.05. The van der Waals surface area contributed by atoms with Gasteiger partial charge in [0.15, 0.2) is 6.29 Å². The highest BCUT2D eigenvalue weighted by atomic mass is 79.9. The van der Waals surface area contributed by atoms with Gasteiger partial charge in [0.1, 0.15) is 0 Å². The van der Waals surface area contributed by atoms with Gasteiger partial charge in [-0.25, -0.2) is 0 Å². The Hall–Kier alpha value is 0.0300. The third-order valence-electron chi connectivity index (χ3n) is 1.04. The molecular weight excluding hydrogens is 228 g/mol. The number of ether oxygens (including phenoxy) is 3. The molecule has 0 bridgehead atoms. The molecule has 0 heterocycles. The predicted molar refractivity (Wildman–Crippen MR) is 47.4 cm³/mol. The van der Waals surface area contributed by atoms with E-state index in [1.807, 2.05) is 0 Å². The number of methoxy groups -OCH3 is 1. The van der Waals surface area contributed by atoms with E-state index in [0.717, 1.165) is 0 Å². The number of rotatable bonds is 8. The molecule has 4 nitrogen and oxygen atoms in total. The van der Waals surface area contributed by atoms with E-state index in [0.29, 0.717) is 31.4 Å². The molecule has 0 aliphatic heterocycles. The lowest BCUT2D eigenvalue weighted by Gasteiger charge is -2.11. The summed E-state index contributed by atoms with van der Waals surface area (Å²) >= 11 is 3.17. The average molecular weight is 241 g/mol. The summed E-state index contributed by atoms with van der Waals surface area (Å²) in [4.78, 5) is 10.3. The maximum atomic E-state index is 10.3. The molecule has 0 aromatic carbocycles. The first-order chi connectivity index (χ1) is 5.85. The number of carbonyl (C=O) groups excluding carboxylic acids is 1. The second-order valence-corrected chi connectivity index (χ2v) is 2.72. The van der Waals surface area contributed by atoms with Crippen LogP contribution in [0.3, 0.4) is 0 Å². The van der Waals surface area contributed by atoms with Crippen LogP contribution in [0.4, 0.5) is 0 Å². The summed E-state index contributed by atoms with van der Waals surface area (Å²) in [5, 5.41) is 0.685. The van der Waals surface area contributed by atoms with Gasteiger partial charge in [-0.1, -0.05) is 15.9 Å². The lowest BCUT2D eigenvalue weighted by Crippen LogP contribution is -2.21.